The van der Waals surface area contributed by atoms with Crippen LogP contribution in [0.4, 0.5) is 8.78 Å². The van der Waals surface area contributed by atoms with Crippen LogP contribution < -0.4 is 10.4 Å². The Labute approximate surface area is 214 Å². The number of thioether (sulfide) groups is 1. The molecule has 4 aliphatic rings. The molecule has 190 valence electrons. The molecule has 1 N–H and O–H groups in total. The summed E-state index contributed by atoms with van der Waals surface area (Å²) in [6, 6.07) is 10.9. The highest BCUT2D eigenvalue weighted by atomic mass is 32.2. The van der Waals surface area contributed by atoms with Crippen molar-refractivity contribution in [1.82, 2.24) is 14.5 Å². The predicted molar refractivity (Wildman–Crippen MR) is 131 cm³/mol. The second-order valence-corrected chi connectivity index (χ2v) is 10.6. The molecule has 0 bridgehead atoms. The van der Waals surface area contributed by atoms with Crippen molar-refractivity contribution in [2.24, 2.45) is 0 Å². The number of nitrogens with zero attached hydrogens (tertiary/aromatic N) is 4. The SMILES string of the molecule is O=C1c2c(O)c(=O)ccn2N([C@@H]2c3ccccc3SCc3c2ccc(F)c3F)[C@@H]2CN3COCC3CN12. The monoisotopic (exact) mass is 524 g/mol. The molecule has 2 aromatic carbocycles. The highest BCUT2D eigenvalue weighted by Gasteiger charge is 2.50. The van der Waals surface area contributed by atoms with Crippen LogP contribution in [-0.4, -0.2) is 64.1 Å². The van der Waals surface area contributed by atoms with Crippen LogP contribution in [0.1, 0.15) is 33.2 Å². The van der Waals surface area contributed by atoms with Crippen LogP contribution in [0.25, 0.3) is 0 Å². The maximum absolute atomic E-state index is 15.2. The first kappa shape index (κ1) is 22.8. The van der Waals surface area contributed by atoms with Gasteiger partial charge < -0.3 is 14.7 Å². The van der Waals surface area contributed by atoms with Gasteiger partial charge in [-0.05, 0) is 23.3 Å². The Kier molecular flexibility index (Phi) is 5.11. The lowest BCUT2D eigenvalue weighted by Crippen LogP contribution is -2.70. The van der Waals surface area contributed by atoms with E-state index in [9.17, 15) is 19.1 Å². The number of ether oxygens (including phenoxy) is 1. The van der Waals surface area contributed by atoms with Gasteiger partial charge >= 0.3 is 0 Å². The van der Waals surface area contributed by atoms with Crippen molar-refractivity contribution in [1.29, 1.82) is 0 Å². The molecule has 3 atom stereocenters. The van der Waals surface area contributed by atoms with E-state index < -0.39 is 40.9 Å². The summed E-state index contributed by atoms with van der Waals surface area (Å²) in [5.74, 6) is -2.67. The summed E-state index contributed by atoms with van der Waals surface area (Å²) in [7, 11) is 0. The molecule has 0 radical (unpaired) electrons. The Morgan fingerprint density at radius 3 is 2.73 bits per heavy atom. The molecule has 0 spiro atoms. The molecule has 1 aromatic heterocycles. The molecule has 4 aliphatic heterocycles. The molecule has 3 aromatic rings. The molecule has 1 unspecified atom stereocenters. The van der Waals surface area contributed by atoms with E-state index in [0.717, 1.165) is 16.5 Å². The molecule has 0 saturated carbocycles. The molecule has 0 aliphatic carbocycles. The topological polar surface area (TPSA) is 78.2 Å². The number of rotatable bonds is 1. The Morgan fingerprint density at radius 2 is 1.86 bits per heavy atom. The van der Waals surface area contributed by atoms with Gasteiger partial charge in [0.05, 0.1) is 25.4 Å². The molecule has 2 fully saturated rings. The molecular formula is C26H22F2N4O4S. The molecule has 11 heteroatoms. The molecule has 7 rings (SSSR count). The Morgan fingerprint density at radius 1 is 1.03 bits per heavy atom. The number of halogens is 2. The number of benzene rings is 2. The van der Waals surface area contributed by atoms with E-state index in [0.29, 0.717) is 32.0 Å². The summed E-state index contributed by atoms with van der Waals surface area (Å²) in [6.45, 7) is 1.68. The third-order valence-electron chi connectivity index (χ3n) is 7.70. The van der Waals surface area contributed by atoms with Crippen molar-refractivity contribution in [3.63, 3.8) is 0 Å². The lowest BCUT2D eigenvalue weighted by atomic mass is 9.92. The number of hydrogen-bond donors (Lipinski definition) is 1. The largest absolute Gasteiger partial charge is 0.502 e. The van der Waals surface area contributed by atoms with E-state index in [1.165, 1.54) is 28.7 Å². The number of fused-ring (bicyclic) bond motifs is 5. The summed E-state index contributed by atoms with van der Waals surface area (Å²) < 4.78 is 36.8. The van der Waals surface area contributed by atoms with Gasteiger partial charge in [0.1, 0.15) is 6.17 Å². The van der Waals surface area contributed by atoms with Crippen LogP contribution in [0.15, 0.2) is 58.4 Å². The lowest BCUT2D eigenvalue weighted by molar-refractivity contribution is 0.0149. The van der Waals surface area contributed by atoms with Gasteiger partial charge in [0.2, 0.25) is 5.43 Å². The normalized spacial score (nSPS) is 24.6. The van der Waals surface area contributed by atoms with Crippen LogP contribution in [0.2, 0.25) is 0 Å². The van der Waals surface area contributed by atoms with Crippen LogP contribution in [0.5, 0.6) is 5.75 Å². The predicted octanol–water partition coefficient (Wildman–Crippen LogP) is 2.62. The zero-order chi connectivity index (χ0) is 25.4. The first-order valence-electron chi connectivity index (χ1n) is 12.0. The summed E-state index contributed by atoms with van der Waals surface area (Å²) >= 11 is 1.42. The van der Waals surface area contributed by atoms with Crippen molar-refractivity contribution in [3.05, 3.63) is 92.9 Å². The Bertz CT molecular complexity index is 1510. The first-order valence-corrected chi connectivity index (χ1v) is 13.0. The van der Waals surface area contributed by atoms with Gasteiger partial charge in [0.25, 0.3) is 5.91 Å². The highest BCUT2D eigenvalue weighted by Crippen LogP contribution is 2.45. The summed E-state index contributed by atoms with van der Waals surface area (Å²) in [5, 5.41) is 12.7. The van der Waals surface area contributed by atoms with E-state index >= 15 is 4.39 Å². The zero-order valence-corrected chi connectivity index (χ0v) is 20.3. The molecule has 8 nitrogen and oxygen atoms in total. The second kappa shape index (κ2) is 8.30. The smallest absolute Gasteiger partial charge is 0.278 e. The van der Waals surface area contributed by atoms with Gasteiger partial charge in [-0.15, -0.1) is 11.8 Å². The fourth-order valence-corrected chi connectivity index (χ4v) is 7.04. The van der Waals surface area contributed by atoms with E-state index in [-0.39, 0.29) is 23.1 Å². The summed E-state index contributed by atoms with van der Waals surface area (Å²) in [6.07, 6.45) is 0.946. The minimum atomic E-state index is -0.920. The quantitative estimate of drug-likeness (QED) is 0.525. The molecular weight excluding hydrogens is 502 g/mol. The zero-order valence-electron chi connectivity index (χ0n) is 19.5. The van der Waals surface area contributed by atoms with Crippen LogP contribution in [0.3, 0.4) is 0 Å². The Balaban J connectivity index is 1.52. The standard InChI is InChI=1S/C26H22F2N4O4S/c27-18-6-5-15-17(22(18)28)12-37-20-4-2-1-3-16(20)23(15)32-21-10-29-13-36-11-14(29)9-30(21)26(35)24-25(34)19(33)7-8-31(24)32/h1-8,14,21,23,34H,9-13H2/t14?,21-,23+/m1/s1. The van der Waals surface area contributed by atoms with Crippen LogP contribution in [-0.2, 0) is 10.5 Å². The van der Waals surface area contributed by atoms with Crippen molar-refractivity contribution in [2.45, 2.75) is 28.9 Å². The molecule has 37 heavy (non-hydrogen) atoms. The maximum Gasteiger partial charge on any atom is 0.278 e. The average molecular weight is 525 g/mol. The third-order valence-corrected chi connectivity index (χ3v) is 8.81. The van der Waals surface area contributed by atoms with Gasteiger partial charge in [0.15, 0.2) is 23.1 Å². The van der Waals surface area contributed by atoms with Gasteiger partial charge in [-0.25, -0.2) is 8.78 Å². The lowest BCUT2D eigenvalue weighted by Gasteiger charge is -2.54. The number of pyridine rings is 1. The number of piperazine rings is 1. The number of carbonyl (C=O) groups is 1. The number of carbonyl (C=O) groups excluding carboxylic acids is 1. The van der Waals surface area contributed by atoms with Crippen LogP contribution in [0, 0.1) is 11.6 Å². The number of aromatic nitrogens is 1. The van der Waals surface area contributed by atoms with Crippen molar-refractivity contribution >= 4 is 17.7 Å². The minimum Gasteiger partial charge on any atom is -0.502 e. The van der Waals surface area contributed by atoms with Crippen molar-refractivity contribution in [2.75, 3.05) is 31.4 Å². The fraction of sp³-hybridized carbons (Fsp3) is 0.308. The van der Waals surface area contributed by atoms with Crippen LogP contribution >= 0.6 is 11.8 Å². The number of hydrogen-bond acceptors (Lipinski definition) is 7. The van der Waals surface area contributed by atoms with E-state index in [1.807, 2.05) is 29.3 Å². The van der Waals surface area contributed by atoms with Crippen molar-refractivity contribution in [3.8, 4) is 5.75 Å². The fourth-order valence-electron chi connectivity index (χ4n) is 5.92. The van der Waals surface area contributed by atoms with Gasteiger partial charge in [-0.2, -0.15) is 0 Å². The maximum atomic E-state index is 15.2. The molecule has 1 amide bonds. The third kappa shape index (κ3) is 3.27. The highest BCUT2D eigenvalue weighted by molar-refractivity contribution is 7.98. The van der Waals surface area contributed by atoms with E-state index in [4.69, 9.17) is 4.74 Å². The summed E-state index contributed by atoms with van der Waals surface area (Å²) in [4.78, 5) is 30.8. The van der Waals surface area contributed by atoms with E-state index in [1.54, 1.807) is 11.0 Å². The van der Waals surface area contributed by atoms with E-state index in [2.05, 4.69) is 4.90 Å². The number of amides is 1. The van der Waals surface area contributed by atoms with Gasteiger partial charge in [-0.3, -0.25) is 24.2 Å². The van der Waals surface area contributed by atoms with Crippen molar-refractivity contribution < 1.29 is 23.4 Å². The van der Waals surface area contributed by atoms with Gasteiger partial charge in [0, 0.05) is 41.6 Å². The van der Waals surface area contributed by atoms with Gasteiger partial charge in [-0.1, -0.05) is 24.3 Å². The average Bonchev–Trinajstić information content (AvgIpc) is 3.29. The second-order valence-electron chi connectivity index (χ2n) is 9.62. The summed E-state index contributed by atoms with van der Waals surface area (Å²) in [5.41, 5.74) is 0.866. The minimum absolute atomic E-state index is 0.0121. The molecule has 2 saturated heterocycles. The number of aromatic hydroxyl groups is 1. The first-order chi connectivity index (χ1) is 17.9. The Hall–Kier alpha value is -3.41. The molecule has 5 heterocycles.